The normalized spacial score (nSPS) is 26.6. The Kier molecular flexibility index (Phi) is 2.52. The fourth-order valence-electron chi connectivity index (χ4n) is 1.65. The first-order chi connectivity index (χ1) is 6.73. The van der Waals surface area contributed by atoms with Gasteiger partial charge in [-0.15, -0.1) is 11.3 Å². The molecule has 0 aromatic carbocycles. The first kappa shape index (κ1) is 9.61. The summed E-state index contributed by atoms with van der Waals surface area (Å²) in [7, 11) is 0. The Hall–Kier alpha value is -0.940. The van der Waals surface area contributed by atoms with E-state index in [1.165, 1.54) is 11.3 Å². The molecule has 4 nitrogen and oxygen atoms in total. The summed E-state index contributed by atoms with van der Waals surface area (Å²) in [5.41, 5.74) is 1.01. The van der Waals surface area contributed by atoms with E-state index >= 15 is 0 Å². The molecule has 1 atom stereocenters. The van der Waals surface area contributed by atoms with Gasteiger partial charge in [0.25, 0.3) is 0 Å². The summed E-state index contributed by atoms with van der Waals surface area (Å²) in [6.45, 7) is 0.866. The zero-order valence-electron chi connectivity index (χ0n) is 7.60. The maximum atomic E-state index is 11.2. The van der Waals surface area contributed by atoms with E-state index in [0.29, 0.717) is 26.1 Å². The van der Waals surface area contributed by atoms with Gasteiger partial charge in [-0.3, -0.25) is 9.78 Å². The first-order valence-electron chi connectivity index (χ1n) is 4.41. The lowest BCUT2D eigenvalue weighted by molar-refractivity contribution is -0.148. The number of hydrogen-bond acceptors (Lipinski definition) is 4. The molecule has 0 spiro atoms. The summed E-state index contributed by atoms with van der Waals surface area (Å²) in [4.78, 5) is 16.1. The molecular formula is C9H11NO3S. The Morgan fingerprint density at radius 2 is 2.64 bits per heavy atom. The number of hydrogen-bond donors (Lipinski definition) is 1. The number of carboxylic acid groups (broad SMARTS) is 1. The number of carbonyl (C=O) groups is 1. The van der Waals surface area contributed by atoms with Crippen LogP contribution in [0.5, 0.6) is 0 Å². The van der Waals surface area contributed by atoms with Crippen molar-refractivity contribution in [2.24, 2.45) is 5.41 Å². The summed E-state index contributed by atoms with van der Waals surface area (Å²) in [6, 6.07) is 0. The van der Waals surface area contributed by atoms with Gasteiger partial charge in [0.15, 0.2) is 0 Å². The second kappa shape index (κ2) is 3.67. The third kappa shape index (κ3) is 1.65. The molecule has 2 rings (SSSR count). The van der Waals surface area contributed by atoms with Crippen LogP contribution in [0.2, 0.25) is 0 Å². The molecule has 1 aromatic heterocycles. The van der Waals surface area contributed by atoms with Gasteiger partial charge in [0.2, 0.25) is 0 Å². The van der Waals surface area contributed by atoms with Crippen LogP contribution in [0.25, 0.3) is 0 Å². The Morgan fingerprint density at radius 3 is 3.14 bits per heavy atom. The third-order valence-corrected chi connectivity index (χ3v) is 3.33. The molecule has 1 unspecified atom stereocenters. The van der Waals surface area contributed by atoms with Crippen molar-refractivity contribution in [3.63, 3.8) is 0 Å². The molecular weight excluding hydrogens is 202 g/mol. The van der Waals surface area contributed by atoms with Gasteiger partial charge in [0.05, 0.1) is 17.5 Å². The molecule has 1 aliphatic rings. The molecule has 0 radical (unpaired) electrons. The largest absolute Gasteiger partial charge is 0.481 e. The lowest BCUT2D eigenvalue weighted by atomic mass is 9.83. The molecule has 0 saturated carbocycles. The molecule has 0 bridgehead atoms. The van der Waals surface area contributed by atoms with E-state index in [4.69, 9.17) is 9.84 Å². The smallest absolute Gasteiger partial charge is 0.312 e. The molecule has 76 valence electrons. The van der Waals surface area contributed by atoms with Crippen LogP contribution < -0.4 is 0 Å². The number of ether oxygens (including phenoxy) is 1. The highest BCUT2D eigenvalue weighted by molar-refractivity contribution is 7.09. The van der Waals surface area contributed by atoms with Crippen molar-refractivity contribution < 1.29 is 14.6 Å². The van der Waals surface area contributed by atoms with Crippen LogP contribution in [-0.4, -0.2) is 29.3 Å². The molecule has 5 heteroatoms. The average molecular weight is 213 g/mol. The molecule has 1 N–H and O–H groups in total. The highest BCUT2D eigenvalue weighted by Gasteiger charge is 2.42. The summed E-state index contributed by atoms with van der Waals surface area (Å²) in [6.07, 6.45) is 2.86. The van der Waals surface area contributed by atoms with Crippen molar-refractivity contribution in [3.8, 4) is 0 Å². The van der Waals surface area contributed by atoms with Crippen LogP contribution in [0, 0.1) is 5.41 Å². The molecule has 0 amide bonds. The minimum Gasteiger partial charge on any atom is -0.481 e. The van der Waals surface area contributed by atoms with Gasteiger partial charge < -0.3 is 9.84 Å². The van der Waals surface area contributed by atoms with Crippen LogP contribution in [0.15, 0.2) is 11.7 Å². The number of aliphatic carboxylic acids is 1. The second-order valence-electron chi connectivity index (χ2n) is 3.53. The number of aromatic nitrogens is 1. The van der Waals surface area contributed by atoms with Crippen molar-refractivity contribution >= 4 is 17.3 Å². The molecule has 1 aliphatic heterocycles. The van der Waals surface area contributed by atoms with Gasteiger partial charge in [0, 0.05) is 24.1 Å². The van der Waals surface area contributed by atoms with Crippen molar-refractivity contribution in [1.82, 2.24) is 4.98 Å². The second-order valence-corrected chi connectivity index (χ2v) is 4.50. The minimum atomic E-state index is -0.761. The van der Waals surface area contributed by atoms with E-state index in [2.05, 4.69) is 4.98 Å². The van der Waals surface area contributed by atoms with Gasteiger partial charge in [-0.25, -0.2) is 0 Å². The third-order valence-electron chi connectivity index (χ3n) is 2.55. The van der Waals surface area contributed by atoms with Crippen molar-refractivity contribution in [2.45, 2.75) is 12.8 Å². The number of nitrogens with zero attached hydrogens (tertiary/aromatic N) is 1. The number of rotatable bonds is 3. The zero-order valence-corrected chi connectivity index (χ0v) is 8.42. The van der Waals surface area contributed by atoms with Crippen LogP contribution in [0.3, 0.4) is 0 Å². The van der Waals surface area contributed by atoms with E-state index in [0.717, 1.165) is 4.88 Å². The fourth-order valence-corrected chi connectivity index (χ4v) is 2.39. The summed E-state index contributed by atoms with van der Waals surface area (Å²) in [5, 5.41) is 9.17. The maximum absolute atomic E-state index is 11.2. The van der Waals surface area contributed by atoms with Crippen molar-refractivity contribution in [2.75, 3.05) is 13.2 Å². The summed E-state index contributed by atoms with van der Waals surface area (Å²) in [5.74, 6) is -0.761. The van der Waals surface area contributed by atoms with Crippen molar-refractivity contribution in [1.29, 1.82) is 0 Å². The highest BCUT2D eigenvalue weighted by atomic mass is 32.1. The SMILES string of the molecule is O=C(O)C1(Cc2cncs2)CCOC1. The van der Waals surface area contributed by atoms with Crippen molar-refractivity contribution in [3.05, 3.63) is 16.6 Å². The lowest BCUT2D eigenvalue weighted by Crippen LogP contribution is -2.33. The fraction of sp³-hybridized carbons (Fsp3) is 0.556. The van der Waals surface area contributed by atoms with Gasteiger partial charge >= 0.3 is 5.97 Å². The predicted molar refractivity (Wildman–Crippen MR) is 51.3 cm³/mol. The maximum Gasteiger partial charge on any atom is 0.312 e. The van der Waals surface area contributed by atoms with E-state index < -0.39 is 11.4 Å². The number of thiazole rings is 1. The van der Waals surface area contributed by atoms with Gasteiger partial charge in [-0.1, -0.05) is 0 Å². The lowest BCUT2D eigenvalue weighted by Gasteiger charge is -2.20. The van der Waals surface area contributed by atoms with Crippen LogP contribution >= 0.6 is 11.3 Å². The van der Waals surface area contributed by atoms with Gasteiger partial charge in [-0.2, -0.15) is 0 Å². The van der Waals surface area contributed by atoms with E-state index in [1.807, 2.05) is 0 Å². The Morgan fingerprint density at radius 1 is 1.79 bits per heavy atom. The summed E-state index contributed by atoms with van der Waals surface area (Å²) < 4.78 is 5.17. The van der Waals surface area contributed by atoms with Gasteiger partial charge in [0.1, 0.15) is 0 Å². The predicted octanol–water partition coefficient (Wildman–Crippen LogP) is 1.18. The minimum absolute atomic E-state index is 0.320. The molecule has 2 heterocycles. The Labute approximate surface area is 85.5 Å². The molecule has 0 aliphatic carbocycles. The van der Waals surface area contributed by atoms with Crippen LogP contribution in [0.4, 0.5) is 0 Å². The first-order valence-corrected chi connectivity index (χ1v) is 5.29. The Bertz CT molecular complexity index is 317. The number of carboxylic acids is 1. The topological polar surface area (TPSA) is 59.4 Å². The molecule has 1 aromatic rings. The quantitative estimate of drug-likeness (QED) is 0.819. The van der Waals surface area contributed by atoms with Crippen LogP contribution in [-0.2, 0) is 16.0 Å². The average Bonchev–Trinajstić information content (AvgIpc) is 2.76. The molecule has 1 saturated heterocycles. The van der Waals surface area contributed by atoms with Crippen LogP contribution in [0.1, 0.15) is 11.3 Å². The molecule has 1 fully saturated rings. The monoisotopic (exact) mass is 213 g/mol. The summed E-state index contributed by atoms with van der Waals surface area (Å²) >= 11 is 1.50. The standard InChI is InChI=1S/C9H11NO3S/c11-8(12)9(1-2-13-5-9)3-7-4-10-6-14-7/h4,6H,1-3,5H2,(H,11,12). The highest BCUT2D eigenvalue weighted by Crippen LogP contribution is 2.33. The zero-order chi connectivity index (χ0) is 10.0. The Balaban J connectivity index is 2.16. The van der Waals surface area contributed by atoms with E-state index in [1.54, 1.807) is 11.7 Å². The molecule has 14 heavy (non-hydrogen) atoms. The van der Waals surface area contributed by atoms with E-state index in [-0.39, 0.29) is 0 Å². The van der Waals surface area contributed by atoms with E-state index in [9.17, 15) is 4.79 Å². The van der Waals surface area contributed by atoms with Gasteiger partial charge in [-0.05, 0) is 6.42 Å².